The first-order chi connectivity index (χ1) is 7.28. The van der Waals surface area contributed by atoms with Crippen molar-refractivity contribution in [3.8, 4) is 0 Å². The molecule has 0 bridgehead atoms. The van der Waals surface area contributed by atoms with Gasteiger partial charge in [-0.1, -0.05) is 20.7 Å². The normalized spacial score (nSPS) is 13.9. The lowest BCUT2D eigenvalue weighted by atomic mass is 10.3. The van der Waals surface area contributed by atoms with Crippen molar-refractivity contribution in [3.63, 3.8) is 0 Å². The first kappa shape index (κ1) is 13.4. The van der Waals surface area contributed by atoms with Crippen molar-refractivity contribution in [2.45, 2.75) is 12.1 Å². The van der Waals surface area contributed by atoms with Crippen molar-refractivity contribution in [1.82, 2.24) is 0 Å². The molecule has 0 aromatic rings. The Labute approximate surface area is 84.5 Å². The fraction of sp³-hybridized carbons (Fsp3) is 1.00. The van der Waals surface area contributed by atoms with Crippen LogP contribution in [0.15, 0.2) is 20.7 Å². The summed E-state index contributed by atoms with van der Waals surface area (Å²) < 4.78 is 4.86. The first-order valence-electron chi connectivity index (χ1n) is 4.09. The molecule has 9 heteroatoms. The zero-order valence-corrected chi connectivity index (χ0v) is 7.81. The zero-order valence-electron chi connectivity index (χ0n) is 7.81. The van der Waals surface area contributed by atoms with E-state index < -0.39 is 12.1 Å². The highest BCUT2D eigenvalue weighted by molar-refractivity contribution is 4.70. The molecular formula is C6H10N4O5. The van der Waals surface area contributed by atoms with Gasteiger partial charge in [0.05, 0.1) is 13.2 Å². The minimum atomic E-state index is -0.876. The van der Waals surface area contributed by atoms with Crippen LogP contribution in [-0.2, 0) is 4.74 Å². The van der Waals surface area contributed by atoms with Gasteiger partial charge in [0.25, 0.3) is 0 Å². The number of nitroso groups, excluding NO2 is 4. The Hall–Kier alpha value is -1.64. The van der Waals surface area contributed by atoms with Crippen molar-refractivity contribution < 1.29 is 4.74 Å². The van der Waals surface area contributed by atoms with Gasteiger partial charge in [0.15, 0.2) is 0 Å². The van der Waals surface area contributed by atoms with E-state index in [1.54, 1.807) is 0 Å². The smallest absolute Gasteiger partial charge is 0.138 e. The van der Waals surface area contributed by atoms with E-state index in [9.17, 15) is 19.6 Å². The van der Waals surface area contributed by atoms with Gasteiger partial charge in [-0.2, -0.15) is 19.6 Å². The van der Waals surface area contributed by atoms with Crippen LogP contribution in [0, 0.1) is 19.6 Å². The maximum atomic E-state index is 10.1. The summed E-state index contributed by atoms with van der Waals surface area (Å²) in [6.07, 6.45) is 0. The predicted octanol–water partition coefficient (Wildman–Crippen LogP) is 0.806. The fourth-order valence-corrected chi connectivity index (χ4v) is 0.745. The highest BCUT2D eigenvalue weighted by Gasteiger charge is 2.13. The van der Waals surface area contributed by atoms with Gasteiger partial charge < -0.3 is 4.74 Å². The minimum absolute atomic E-state index is 0.139. The van der Waals surface area contributed by atoms with Crippen LogP contribution < -0.4 is 0 Å². The van der Waals surface area contributed by atoms with Crippen molar-refractivity contribution >= 4 is 0 Å². The van der Waals surface area contributed by atoms with Gasteiger partial charge >= 0.3 is 0 Å². The van der Waals surface area contributed by atoms with Gasteiger partial charge in [-0.05, 0) is 0 Å². The van der Waals surface area contributed by atoms with Crippen molar-refractivity contribution in [3.05, 3.63) is 19.6 Å². The van der Waals surface area contributed by atoms with Gasteiger partial charge in [-0.25, -0.2) is 0 Å². The van der Waals surface area contributed by atoms with Gasteiger partial charge in [0, 0.05) is 0 Å². The number of ether oxygens (including phenoxy) is 1. The average molecular weight is 218 g/mol. The third-order valence-electron chi connectivity index (χ3n) is 1.49. The van der Waals surface area contributed by atoms with E-state index >= 15 is 0 Å². The molecule has 0 spiro atoms. The number of nitrogens with zero attached hydrogens (tertiary/aromatic N) is 4. The molecule has 0 rings (SSSR count). The van der Waals surface area contributed by atoms with Crippen molar-refractivity contribution in [1.29, 1.82) is 0 Å². The van der Waals surface area contributed by atoms with Crippen LogP contribution in [0.5, 0.6) is 0 Å². The summed E-state index contributed by atoms with van der Waals surface area (Å²) >= 11 is 0. The molecule has 0 amide bonds. The fourth-order valence-electron chi connectivity index (χ4n) is 0.745. The van der Waals surface area contributed by atoms with Crippen LogP contribution in [0.3, 0.4) is 0 Å². The second kappa shape index (κ2) is 8.94. The van der Waals surface area contributed by atoms with E-state index in [0.717, 1.165) is 0 Å². The third kappa shape index (κ3) is 6.43. The molecule has 0 aliphatic rings. The molecule has 0 fully saturated rings. The maximum absolute atomic E-state index is 10.1. The summed E-state index contributed by atoms with van der Waals surface area (Å²) in [6.45, 7) is -0.844. The van der Waals surface area contributed by atoms with E-state index in [1.165, 1.54) is 0 Å². The molecule has 0 saturated heterocycles. The predicted molar refractivity (Wildman–Crippen MR) is 51.3 cm³/mol. The van der Waals surface area contributed by atoms with Gasteiger partial charge in [-0.3, -0.25) is 0 Å². The Balaban J connectivity index is 3.73. The number of rotatable bonds is 10. The second-order valence-corrected chi connectivity index (χ2v) is 2.68. The molecule has 0 heterocycles. The SMILES string of the molecule is O=NCC(COCC(CN=O)N=O)N=O. The van der Waals surface area contributed by atoms with Crippen LogP contribution >= 0.6 is 0 Å². The molecule has 0 N–H and O–H groups in total. The van der Waals surface area contributed by atoms with E-state index in [0.29, 0.717) is 0 Å². The Morgan fingerprint density at radius 3 is 1.47 bits per heavy atom. The summed E-state index contributed by atoms with van der Waals surface area (Å²) in [5.74, 6) is 0. The number of hydrogen-bond donors (Lipinski definition) is 0. The first-order valence-corrected chi connectivity index (χ1v) is 4.09. The van der Waals surface area contributed by atoms with Crippen molar-refractivity contribution in [2.75, 3.05) is 26.3 Å². The quantitative estimate of drug-likeness (QED) is 0.501. The highest BCUT2D eigenvalue weighted by Crippen LogP contribution is 1.97. The lowest BCUT2D eigenvalue weighted by Gasteiger charge is -2.08. The summed E-state index contributed by atoms with van der Waals surface area (Å²) in [5.41, 5.74) is 0. The molecule has 0 aliphatic carbocycles. The highest BCUT2D eigenvalue weighted by atomic mass is 16.5. The molecule has 0 saturated carbocycles. The van der Waals surface area contributed by atoms with E-state index in [1.807, 2.05) is 0 Å². The molecule has 0 aliphatic heterocycles. The van der Waals surface area contributed by atoms with E-state index in [4.69, 9.17) is 4.74 Å². The summed E-state index contributed by atoms with van der Waals surface area (Å²) in [4.78, 5) is 39.8. The molecule has 2 unspecified atom stereocenters. The van der Waals surface area contributed by atoms with Gasteiger partial charge in [-0.15, -0.1) is 0 Å². The Kier molecular flexibility index (Phi) is 7.96. The standard InChI is InChI=1S/C6H10N4O5/c11-7-1-5(9-13)3-15-4-6(10-14)2-8-12/h5-6H,1-4H2. The molecule has 15 heavy (non-hydrogen) atoms. The molecule has 9 nitrogen and oxygen atoms in total. The molecule has 0 aromatic heterocycles. The van der Waals surface area contributed by atoms with Crippen LogP contribution in [-0.4, -0.2) is 38.4 Å². The molecule has 0 radical (unpaired) electrons. The Morgan fingerprint density at radius 2 is 1.20 bits per heavy atom. The molecule has 0 aromatic carbocycles. The number of hydrogen-bond acceptors (Lipinski definition) is 9. The van der Waals surface area contributed by atoms with Gasteiger partial charge in [0.2, 0.25) is 0 Å². The van der Waals surface area contributed by atoms with Gasteiger partial charge in [0.1, 0.15) is 25.2 Å². The van der Waals surface area contributed by atoms with Crippen LogP contribution in [0.1, 0.15) is 0 Å². The minimum Gasteiger partial charge on any atom is -0.377 e. The second-order valence-electron chi connectivity index (χ2n) is 2.68. The third-order valence-corrected chi connectivity index (χ3v) is 1.49. The lowest BCUT2D eigenvalue weighted by molar-refractivity contribution is 0.112. The molecular weight excluding hydrogens is 208 g/mol. The Bertz CT molecular complexity index is 202. The van der Waals surface area contributed by atoms with E-state index in [2.05, 4.69) is 20.7 Å². The van der Waals surface area contributed by atoms with Crippen LogP contribution in [0.2, 0.25) is 0 Å². The monoisotopic (exact) mass is 218 g/mol. The van der Waals surface area contributed by atoms with Crippen LogP contribution in [0.4, 0.5) is 0 Å². The Morgan fingerprint density at radius 1 is 0.800 bits per heavy atom. The summed E-state index contributed by atoms with van der Waals surface area (Å²) in [7, 11) is 0. The summed E-state index contributed by atoms with van der Waals surface area (Å²) in [5, 5.41) is 10.1. The largest absolute Gasteiger partial charge is 0.377 e. The summed E-state index contributed by atoms with van der Waals surface area (Å²) in [6, 6.07) is -1.75. The average Bonchev–Trinajstić information content (AvgIpc) is 2.26. The molecule has 2 atom stereocenters. The lowest BCUT2D eigenvalue weighted by Crippen LogP contribution is -2.22. The van der Waals surface area contributed by atoms with Crippen LogP contribution in [0.25, 0.3) is 0 Å². The molecule has 84 valence electrons. The maximum Gasteiger partial charge on any atom is 0.138 e. The van der Waals surface area contributed by atoms with Crippen molar-refractivity contribution in [2.24, 2.45) is 20.7 Å². The topological polar surface area (TPSA) is 127 Å². The zero-order chi connectivity index (χ0) is 11.5. The van der Waals surface area contributed by atoms with E-state index in [-0.39, 0.29) is 26.3 Å².